The van der Waals surface area contributed by atoms with Crippen LogP contribution in [0.2, 0.25) is 0 Å². The van der Waals surface area contributed by atoms with Gasteiger partial charge in [0.15, 0.2) is 0 Å². The van der Waals surface area contributed by atoms with Crippen LogP contribution in [-0.2, 0) is 13.1 Å². The molecule has 5 nitrogen and oxygen atoms in total. The van der Waals surface area contributed by atoms with E-state index in [9.17, 15) is 0 Å². The first kappa shape index (κ1) is 12.7. The summed E-state index contributed by atoms with van der Waals surface area (Å²) in [5, 5.41) is 12.9. The third-order valence-electron chi connectivity index (χ3n) is 2.35. The molecule has 88 valence electrons. The van der Waals surface area contributed by atoms with Crippen molar-refractivity contribution in [3.8, 4) is 6.07 Å². The van der Waals surface area contributed by atoms with Gasteiger partial charge in [0.2, 0.25) is 0 Å². The summed E-state index contributed by atoms with van der Waals surface area (Å²) < 4.78 is 1.92. The molecule has 0 radical (unpaired) electrons. The molecule has 16 heavy (non-hydrogen) atoms. The second-order valence-corrected chi connectivity index (χ2v) is 4.13. The summed E-state index contributed by atoms with van der Waals surface area (Å²) in [6, 6.07) is 2.23. The first-order chi connectivity index (χ1) is 7.67. The molecule has 0 aliphatic rings. The molecule has 5 heteroatoms. The highest BCUT2D eigenvalue weighted by atomic mass is 15.3. The lowest BCUT2D eigenvalue weighted by atomic mass is 10.2. The number of nitriles is 1. The molecular weight excluding hydrogens is 202 g/mol. The number of hydrogen-bond donors (Lipinski definition) is 0. The van der Waals surface area contributed by atoms with E-state index in [1.54, 1.807) is 6.33 Å². The van der Waals surface area contributed by atoms with E-state index in [0.717, 1.165) is 31.9 Å². The molecule has 0 aromatic carbocycles. The molecule has 0 amide bonds. The molecule has 0 saturated carbocycles. The number of aryl methyl sites for hydroxylation is 1. The van der Waals surface area contributed by atoms with Gasteiger partial charge in [0, 0.05) is 13.1 Å². The standard InChI is InChI=1S/C11H19N5/c1-4-5-16-11(13-9-14-16)8-15(3)7-10(2)6-12/h9-10H,4-5,7-8H2,1-3H3. The van der Waals surface area contributed by atoms with Crippen LogP contribution in [0.25, 0.3) is 0 Å². The highest BCUT2D eigenvalue weighted by Crippen LogP contribution is 2.03. The third-order valence-corrected chi connectivity index (χ3v) is 2.35. The zero-order chi connectivity index (χ0) is 12.0. The van der Waals surface area contributed by atoms with Gasteiger partial charge in [0.1, 0.15) is 12.2 Å². The predicted molar refractivity (Wildman–Crippen MR) is 61.4 cm³/mol. The van der Waals surface area contributed by atoms with Gasteiger partial charge in [-0.05, 0) is 20.4 Å². The molecule has 1 rings (SSSR count). The second-order valence-electron chi connectivity index (χ2n) is 4.13. The Labute approximate surface area is 96.7 Å². The maximum Gasteiger partial charge on any atom is 0.140 e. The normalized spacial score (nSPS) is 12.7. The first-order valence-corrected chi connectivity index (χ1v) is 5.62. The highest BCUT2D eigenvalue weighted by Gasteiger charge is 2.09. The lowest BCUT2D eigenvalue weighted by molar-refractivity contribution is 0.288. The molecule has 1 heterocycles. The van der Waals surface area contributed by atoms with Crippen LogP contribution in [0.15, 0.2) is 6.33 Å². The monoisotopic (exact) mass is 221 g/mol. The fourth-order valence-corrected chi connectivity index (χ4v) is 1.62. The minimum absolute atomic E-state index is 0.0487. The van der Waals surface area contributed by atoms with Gasteiger partial charge in [-0.3, -0.25) is 4.90 Å². The molecular formula is C11H19N5. The number of hydrogen-bond acceptors (Lipinski definition) is 4. The lowest BCUT2D eigenvalue weighted by Gasteiger charge is -2.17. The summed E-state index contributed by atoms with van der Waals surface area (Å²) in [6.45, 7) is 6.44. The quantitative estimate of drug-likeness (QED) is 0.726. The zero-order valence-electron chi connectivity index (χ0n) is 10.2. The van der Waals surface area contributed by atoms with E-state index in [4.69, 9.17) is 5.26 Å². The van der Waals surface area contributed by atoms with Gasteiger partial charge in [-0.1, -0.05) is 6.92 Å². The Morgan fingerprint density at radius 3 is 3.00 bits per heavy atom. The Bertz CT molecular complexity index is 352. The summed E-state index contributed by atoms with van der Waals surface area (Å²) in [4.78, 5) is 6.34. The molecule has 0 bridgehead atoms. The van der Waals surface area contributed by atoms with E-state index in [1.807, 2.05) is 18.7 Å². The minimum atomic E-state index is 0.0487. The van der Waals surface area contributed by atoms with E-state index in [2.05, 4.69) is 28.0 Å². The van der Waals surface area contributed by atoms with Crippen molar-refractivity contribution in [3.63, 3.8) is 0 Å². The van der Waals surface area contributed by atoms with Gasteiger partial charge in [0.25, 0.3) is 0 Å². The molecule has 0 aliphatic carbocycles. The Kier molecular flexibility index (Phi) is 4.93. The van der Waals surface area contributed by atoms with Crippen molar-refractivity contribution in [2.45, 2.75) is 33.4 Å². The van der Waals surface area contributed by atoms with Crippen LogP contribution in [0, 0.1) is 17.2 Å². The van der Waals surface area contributed by atoms with Crippen molar-refractivity contribution in [1.29, 1.82) is 5.26 Å². The van der Waals surface area contributed by atoms with Crippen molar-refractivity contribution < 1.29 is 0 Å². The Balaban J connectivity index is 2.52. The molecule has 0 aliphatic heterocycles. The Morgan fingerprint density at radius 2 is 2.38 bits per heavy atom. The average Bonchev–Trinajstić information content (AvgIpc) is 2.66. The Morgan fingerprint density at radius 1 is 1.62 bits per heavy atom. The Hall–Kier alpha value is -1.41. The summed E-state index contributed by atoms with van der Waals surface area (Å²) >= 11 is 0. The van der Waals surface area contributed by atoms with Crippen molar-refractivity contribution in [2.75, 3.05) is 13.6 Å². The fraction of sp³-hybridized carbons (Fsp3) is 0.727. The van der Waals surface area contributed by atoms with Crippen LogP contribution in [0.1, 0.15) is 26.1 Å². The molecule has 1 atom stereocenters. The van der Waals surface area contributed by atoms with Crippen LogP contribution < -0.4 is 0 Å². The third kappa shape index (κ3) is 3.63. The van der Waals surface area contributed by atoms with E-state index in [1.165, 1.54) is 0 Å². The predicted octanol–water partition coefficient (Wildman–Crippen LogP) is 1.28. The number of rotatable bonds is 6. The molecule has 0 spiro atoms. The van der Waals surface area contributed by atoms with Gasteiger partial charge in [-0.15, -0.1) is 0 Å². The first-order valence-electron chi connectivity index (χ1n) is 5.62. The van der Waals surface area contributed by atoms with Crippen LogP contribution in [0.5, 0.6) is 0 Å². The van der Waals surface area contributed by atoms with Crippen molar-refractivity contribution >= 4 is 0 Å². The van der Waals surface area contributed by atoms with E-state index >= 15 is 0 Å². The van der Waals surface area contributed by atoms with Gasteiger partial charge in [0.05, 0.1) is 18.5 Å². The maximum absolute atomic E-state index is 8.74. The fourth-order valence-electron chi connectivity index (χ4n) is 1.62. The van der Waals surface area contributed by atoms with Crippen molar-refractivity contribution in [3.05, 3.63) is 12.2 Å². The van der Waals surface area contributed by atoms with Crippen molar-refractivity contribution in [2.24, 2.45) is 5.92 Å². The van der Waals surface area contributed by atoms with E-state index in [0.29, 0.717) is 0 Å². The largest absolute Gasteiger partial charge is 0.298 e. The van der Waals surface area contributed by atoms with Crippen LogP contribution in [-0.4, -0.2) is 33.3 Å². The summed E-state index contributed by atoms with van der Waals surface area (Å²) in [5.41, 5.74) is 0. The molecule has 1 unspecified atom stereocenters. The van der Waals surface area contributed by atoms with Gasteiger partial charge < -0.3 is 0 Å². The average molecular weight is 221 g/mol. The number of aromatic nitrogens is 3. The van der Waals surface area contributed by atoms with Gasteiger partial charge in [-0.2, -0.15) is 10.4 Å². The van der Waals surface area contributed by atoms with Crippen LogP contribution >= 0.6 is 0 Å². The van der Waals surface area contributed by atoms with E-state index < -0.39 is 0 Å². The smallest absolute Gasteiger partial charge is 0.140 e. The summed E-state index contributed by atoms with van der Waals surface area (Å²) in [7, 11) is 2.00. The number of nitrogens with zero attached hydrogens (tertiary/aromatic N) is 5. The summed E-state index contributed by atoms with van der Waals surface area (Å²) in [6.07, 6.45) is 2.64. The molecule has 0 fully saturated rings. The van der Waals surface area contributed by atoms with Crippen LogP contribution in [0.4, 0.5) is 0 Å². The van der Waals surface area contributed by atoms with Crippen molar-refractivity contribution in [1.82, 2.24) is 19.7 Å². The summed E-state index contributed by atoms with van der Waals surface area (Å²) in [5.74, 6) is 1.02. The van der Waals surface area contributed by atoms with Crippen LogP contribution in [0.3, 0.4) is 0 Å². The molecule has 0 N–H and O–H groups in total. The van der Waals surface area contributed by atoms with E-state index in [-0.39, 0.29) is 5.92 Å². The molecule has 0 saturated heterocycles. The highest BCUT2D eigenvalue weighted by molar-refractivity contribution is 4.86. The topological polar surface area (TPSA) is 57.7 Å². The maximum atomic E-state index is 8.74. The second kappa shape index (κ2) is 6.23. The lowest BCUT2D eigenvalue weighted by Crippen LogP contribution is -2.25. The minimum Gasteiger partial charge on any atom is -0.298 e. The molecule has 1 aromatic heterocycles. The SMILES string of the molecule is CCCn1ncnc1CN(C)CC(C)C#N. The zero-order valence-corrected chi connectivity index (χ0v) is 10.2. The van der Waals surface area contributed by atoms with Gasteiger partial charge in [-0.25, -0.2) is 9.67 Å². The molecule has 1 aromatic rings. The van der Waals surface area contributed by atoms with Gasteiger partial charge >= 0.3 is 0 Å².